The summed E-state index contributed by atoms with van der Waals surface area (Å²) in [6.07, 6.45) is 4.69. The van der Waals surface area contributed by atoms with Gasteiger partial charge in [-0.2, -0.15) is 5.10 Å². The fourth-order valence-corrected chi connectivity index (χ4v) is 3.77. The Morgan fingerprint density at radius 1 is 1.04 bits per heavy atom. The van der Waals surface area contributed by atoms with Crippen LogP contribution in [0.4, 0.5) is 5.69 Å². The van der Waals surface area contributed by atoms with Gasteiger partial charge in [0, 0.05) is 36.5 Å². The van der Waals surface area contributed by atoms with E-state index in [1.54, 1.807) is 0 Å². The molecule has 140 valence electrons. The molecule has 2 aromatic carbocycles. The third-order valence-corrected chi connectivity index (χ3v) is 5.25. The summed E-state index contributed by atoms with van der Waals surface area (Å²) in [6, 6.07) is 17.6. The summed E-state index contributed by atoms with van der Waals surface area (Å²) in [4.78, 5) is 2.40. The van der Waals surface area contributed by atoms with Gasteiger partial charge in [0.25, 0.3) is 0 Å². The van der Waals surface area contributed by atoms with Crippen molar-refractivity contribution in [3.8, 4) is 11.1 Å². The van der Waals surface area contributed by atoms with Crippen molar-refractivity contribution in [1.29, 1.82) is 0 Å². The molecule has 27 heavy (non-hydrogen) atoms. The van der Waals surface area contributed by atoms with E-state index in [9.17, 15) is 0 Å². The molecule has 1 aliphatic rings. The number of morpholine rings is 1. The van der Waals surface area contributed by atoms with Gasteiger partial charge in [-0.05, 0) is 41.8 Å². The number of ether oxygens (including phenoxy) is 1. The second kappa shape index (κ2) is 8.37. The van der Waals surface area contributed by atoms with Crippen LogP contribution in [0.5, 0.6) is 0 Å². The number of nitrogens with one attached hydrogen (secondary N) is 1. The van der Waals surface area contributed by atoms with Crippen LogP contribution in [0, 0.1) is 0 Å². The quantitative estimate of drug-likeness (QED) is 0.705. The molecule has 1 aliphatic heterocycles. The minimum Gasteiger partial charge on any atom is -0.378 e. The monoisotopic (exact) mass is 362 g/mol. The number of anilines is 1. The van der Waals surface area contributed by atoms with Crippen LogP contribution < -0.4 is 10.6 Å². The van der Waals surface area contributed by atoms with E-state index >= 15 is 0 Å². The summed E-state index contributed by atoms with van der Waals surface area (Å²) in [5.41, 5.74) is 12.1. The van der Waals surface area contributed by atoms with Gasteiger partial charge in [0.2, 0.25) is 0 Å². The molecular weight excluding hydrogens is 336 g/mol. The van der Waals surface area contributed by atoms with Gasteiger partial charge in [-0.25, -0.2) is 0 Å². The van der Waals surface area contributed by atoms with Crippen LogP contribution in [-0.2, 0) is 4.74 Å². The van der Waals surface area contributed by atoms with Gasteiger partial charge in [-0.1, -0.05) is 36.4 Å². The average molecular weight is 362 g/mol. The van der Waals surface area contributed by atoms with Crippen LogP contribution in [0.1, 0.15) is 23.5 Å². The zero-order valence-electron chi connectivity index (χ0n) is 15.5. The highest BCUT2D eigenvalue weighted by Gasteiger charge is 2.17. The molecule has 5 heteroatoms. The highest BCUT2D eigenvalue weighted by Crippen LogP contribution is 2.31. The maximum absolute atomic E-state index is 5.95. The number of H-pyrrole nitrogens is 1. The van der Waals surface area contributed by atoms with Gasteiger partial charge in [-0.3, -0.25) is 5.10 Å². The van der Waals surface area contributed by atoms with Crippen molar-refractivity contribution in [2.75, 3.05) is 37.7 Å². The summed E-state index contributed by atoms with van der Waals surface area (Å²) in [5, 5.41) is 6.90. The van der Waals surface area contributed by atoms with Crippen LogP contribution >= 0.6 is 0 Å². The average Bonchev–Trinajstić information content (AvgIpc) is 3.28. The molecule has 5 nitrogen and oxygen atoms in total. The molecule has 1 aromatic heterocycles. The zero-order chi connectivity index (χ0) is 18.5. The molecule has 0 amide bonds. The summed E-state index contributed by atoms with van der Waals surface area (Å²) >= 11 is 0. The van der Waals surface area contributed by atoms with Crippen molar-refractivity contribution >= 4 is 5.69 Å². The Morgan fingerprint density at radius 3 is 2.56 bits per heavy atom. The van der Waals surface area contributed by atoms with E-state index in [0.29, 0.717) is 12.5 Å². The Balaban J connectivity index is 1.60. The fourth-order valence-electron chi connectivity index (χ4n) is 3.77. The summed E-state index contributed by atoms with van der Waals surface area (Å²) < 4.78 is 5.48. The lowest BCUT2D eigenvalue weighted by molar-refractivity contribution is 0.122. The predicted octanol–water partition coefficient (Wildman–Crippen LogP) is 3.39. The molecule has 4 rings (SSSR count). The number of benzene rings is 2. The molecule has 0 aliphatic carbocycles. The standard InChI is InChI=1S/C22H26N4O/c23-9-8-22(18-6-4-17(5-7-18)20-15-24-25-16-20)19-2-1-3-21(14-19)26-10-12-27-13-11-26/h1-7,14-16,22H,8-13,23H2,(H,24,25). The van der Waals surface area contributed by atoms with Crippen molar-refractivity contribution in [2.45, 2.75) is 12.3 Å². The molecule has 0 bridgehead atoms. The number of hydrogen-bond acceptors (Lipinski definition) is 4. The Labute approximate surface area is 160 Å². The lowest BCUT2D eigenvalue weighted by Crippen LogP contribution is -2.36. The third kappa shape index (κ3) is 4.04. The lowest BCUT2D eigenvalue weighted by Gasteiger charge is -2.30. The number of hydrogen-bond donors (Lipinski definition) is 2. The molecule has 3 aromatic rings. The summed E-state index contributed by atoms with van der Waals surface area (Å²) in [5.74, 6) is 0.300. The highest BCUT2D eigenvalue weighted by molar-refractivity contribution is 5.62. The summed E-state index contributed by atoms with van der Waals surface area (Å²) in [6.45, 7) is 4.16. The van der Waals surface area contributed by atoms with E-state index in [1.165, 1.54) is 22.4 Å². The predicted molar refractivity (Wildman–Crippen MR) is 109 cm³/mol. The maximum atomic E-state index is 5.95. The van der Waals surface area contributed by atoms with Crippen molar-refractivity contribution < 1.29 is 4.74 Å². The van der Waals surface area contributed by atoms with E-state index < -0.39 is 0 Å². The van der Waals surface area contributed by atoms with Gasteiger partial charge in [0.15, 0.2) is 0 Å². The first-order valence-corrected chi connectivity index (χ1v) is 9.57. The molecule has 0 saturated carbocycles. The van der Waals surface area contributed by atoms with Crippen LogP contribution in [0.3, 0.4) is 0 Å². The second-order valence-electron chi connectivity index (χ2n) is 6.93. The fraction of sp³-hybridized carbons (Fsp3) is 0.318. The molecule has 0 spiro atoms. The van der Waals surface area contributed by atoms with Crippen LogP contribution in [0.15, 0.2) is 60.9 Å². The number of nitrogens with zero attached hydrogens (tertiary/aromatic N) is 2. The summed E-state index contributed by atoms with van der Waals surface area (Å²) in [7, 11) is 0. The number of aromatic nitrogens is 2. The van der Waals surface area contributed by atoms with Crippen molar-refractivity contribution in [3.63, 3.8) is 0 Å². The van der Waals surface area contributed by atoms with Gasteiger partial charge in [0.05, 0.1) is 19.4 Å². The van der Waals surface area contributed by atoms with Gasteiger partial charge >= 0.3 is 0 Å². The topological polar surface area (TPSA) is 67.2 Å². The van der Waals surface area contributed by atoms with Crippen molar-refractivity contribution in [2.24, 2.45) is 5.73 Å². The molecule has 1 atom stereocenters. The maximum Gasteiger partial charge on any atom is 0.0642 e. The van der Waals surface area contributed by atoms with Crippen molar-refractivity contribution in [3.05, 3.63) is 72.1 Å². The molecule has 1 saturated heterocycles. The van der Waals surface area contributed by atoms with E-state index in [1.807, 2.05) is 12.4 Å². The second-order valence-corrected chi connectivity index (χ2v) is 6.93. The van der Waals surface area contributed by atoms with Crippen LogP contribution in [0.25, 0.3) is 11.1 Å². The zero-order valence-corrected chi connectivity index (χ0v) is 15.5. The molecule has 3 N–H and O–H groups in total. The first-order valence-electron chi connectivity index (χ1n) is 9.57. The van der Waals surface area contributed by atoms with Crippen LogP contribution in [-0.4, -0.2) is 43.0 Å². The third-order valence-electron chi connectivity index (χ3n) is 5.25. The van der Waals surface area contributed by atoms with Crippen LogP contribution in [0.2, 0.25) is 0 Å². The Morgan fingerprint density at radius 2 is 1.85 bits per heavy atom. The van der Waals surface area contributed by atoms with Crippen molar-refractivity contribution in [1.82, 2.24) is 10.2 Å². The van der Waals surface area contributed by atoms with E-state index in [2.05, 4.69) is 63.6 Å². The SMILES string of the molecule is NCCC(c1ccc(-c2cn[nH]c2)cc1)c1cccc(N2CCOCC2)c1. The molecule has 1 fully saturated rings. The highest BCUT2D eigenvalue weighted by atomic mass is 16.5. The Bertz CT molecular complexity index is 839. The van der Waals surface area contributed by atoms with Gasteiger partial charge in [-0.15, -0.1) is 0 Å². The number of nitrogens with two attached hydrogens (primary N) is 1. The first-order chi connectivity index (χ1) is 13.3. The molecule has 0 radical (unpaired) electrons. The molecule has 2 heterocycles. The molecular formula is C22H26N4O. The van der Waals surface area contributed by atoms with E-state index in [0.717, 1.165) is 38.3 Å². The van der Waals surface area contributed by atoms with Gasteiger partial charge < -0.3 is 15.4 Å². The minimum atomic E-state index is 0.300. The first kappa shape index (κ1) is 17.8. The van der Waals surface area contributed by atoms with Gasteiger partial charge in [0.1, 0.15) is 0 Å². The lowest BCUT2D eigenvalue weighted by atomic mass is 9.87. The Kier molecular flexibility index (Phi) is 5.51. The number of aromatic amines is 1. The smallest absolute Gasteiger partial charge is 0.0642 e. The van der Waals surface area contributed by atoms with E-state index in [4.69, 9.17) is 10.5 Å². The Hall–Kier alpha value is -2.63. The minimum absolute atomic E-state index is 0.300. The normalized spacial score (nSPS) is 15.7. The molecule has 1 unspecified atom stereocenters. The number of rotatable bonds is 6. The van der Waals surface area contributed by atoms with E-state index in [-0.39, 0.29) is 0 Å². The largest absolute Gasteiger partial charge is 0.378 e.